The summed E-state index contributed by atoms with van der Waals surface area (Å²) in [7, 11) is 2.67. The van der Waals surface area contributed by atoms with Crippen LogP contribution in [0.4, 0.5) is 0 Å². The first-order valence-electron chi connectivity index (χ1n) is 20.6. The van der Waals surface area contributed by atoms with E-state index in [1.807, 2.05) is 35.7 Å². The van der Waals surface area contributed by atoms with Gasteiger partial charge < -0.3 is 21.3 Å². The number of aromatic nitrogens is 1. The summed E-state index contributed by atoms with van der Waals surface area (Å²) in [4.78, 5) is 19.1. The molecule has 3 aromatic rings. The number of primary amides is 1. The molecule has 2 saturated carbocycles. The Kier molecular flexibility index (Phi) is 17.8. The van der Waals surface area contributed by atoms with Gasteiger partial charge in [-0.1, -0.05) is 151 Å². The Balaban J connectivity index is 0.000000245. The van der Waals surface area contributed by atoms with Gasteiger partial charge in [0.2, 0.25) is 5.91 Å². The van der Waals surface area contributed by atoms with Crippen molar-refractivity contribution in [3.05, 3.63) is 122 Å². The molecule has 5 atom stereocenters. The smallest absolute Gasteiger partial charge is 0.243 e. The Labute approximate surface area is 352 Å². The van der Waals surface area contributed by atoms with Crippen molar-refractivity contribution in [2.75, 3.05) is 6.54 Å². The van der Waals surface area contributed by atoms with E-state index in [9.17, 15) is 4.79 Å². The second-order valence-electron chi connectivity index (χ2n) is 17.7. The predicted molar refractivity (Wildman–Crippen MR) is 255 cm³/mol. The van der Waals surface area contributed by atoms with Crippen LogP contribution in [0.3, 0.4) is 0 Å². The van der Waals surface area contributed by atoms with Gasteiger partial charge in [-0.05, 0) is 78.8 Å². The fraction of sp³-hybridized carbons (Fsp3) is 0.469. The molecule has 2 aromatic carbocycles. The highest BCUT2D eigenvalue weighted by Crippen LogP contribution is 2.45. The van der Waals surface area contributed by atoms with E-state index in [1.165, 1.54) is 24.8 Å². The number of carbonyl (C=O) groups excluding carboxylic acids is 1. The number of carbonyl (C=O) groups is 1. The summed E-state index contributed by atoms with van der Waals surface area (Å²) in [5.41, 5.74) is 12.9. The molecule has 0 bridgehead atoms. The van der Waals surface area contributed by atoms with Crippen LogP contribution in [0.2, 0.25) is 0 Å². The Morgan fingerprint density at radius 2 is 1.68 bits per heavy atom. The molecule has 6 rings (SSSR count). The molecule has 8 heteroatoms. The molecular weight excluding hydrogens is 738 g/mol. The lowest BCUT2D eigenvalue weighted by molar-refractivity contribution is -0.121. The van der Waals surface area contributed by atoms with E-state index in [4.69, 9.17) is 10.7 Å². The van der Waals surface area contributed by atoms with Gasteiger partial charge in [0, 0.05) is 40.1 Å². The van der Waals surface area contributed by atoms with Gasteiger partial charge in [-0.3, -0.25) is 4.79 Å². The van der Waals surface area contributed by atoms with E-state index in [1.54, 1.807) is 12.3 Å². The quantitative estimate of drug-likeness (QED) is 0.118. The van der Waals surface area contributed by atoms with Crippen molar-refractivity contribution in [2.45, 2.75) is 123 Å². The average Bonchev–Trinajstić information content (AvgIpc) is 4.11. The average molecular weight is 810 g/mol. The molecular formula is C49H72N5OPS. The first kappa shape index (κ1) is 47.6. The molecule has 1 saturated heterocycles. The van der Waals surface area contributed by atoms with Gasteiger partial charge in [0.05, 0.1) is 23.3 Å². The summed E-state index contributed by atoms with van der Waals surface area (Å²) in [6, 6.07) is 19.0. The first-order chi connectivity index (χ1) is 26.9. The topological polar surface area (TPSA) is 83.3 Å². The number of nitrogens with two attached hydrogens (primary N) is 1. The third-order valence-corrected chi connectivity index (χ3v) is 13.0. The second-order valence-corrected chi connectivity index (χ2v) is 19.4. The molecule has 3 aliphatic rings. The van der Waals surface area contributed by atoms with Crippen LogP contribution >= 0.6 is 19.8 Å². The number of fused-ring (bicyclic) bond motifs is 1. The van der Waals surface area contributed by atoms with Crippen molar-refractivity contribution >= 4 is 42.7 Å². The standard InChI is InChI=1S/C21H34N4O.C19H17N.C6H14.C3H7PS/c1-8-16-13-21(16,19(22)26)24-14(3)17-11-10-12-25(17)15(4)18(23-9-2)20(5,6)7;1-3-14-10-11-17-15(4-2)13-18(20-19(17)12-14)16-8-6-5-7-9-16;1-5-6(2,3)4;4-5-3-1-2-3/h8-9,16-18,23-24H,1-4,10-13H2,5-7H3,(H2,22,26);4-13H,2-3H2,1H3;5H2,1-4H3;3H,1-2,4H2/t16?,17?,18-,21?;;;/m0.../s1. The lowest BCUT2D eigenvalue weighted by Crippen LogP contribution is -2.50. The van der Waals surface area contributed by atoms with Gasteiger partial charge in [0.15, 0.2) is 0 Å². The van der Waals surface area contributed by atoms with Crippen molar-refractivity contribution in [1.82, 2.24) is 20.5 Å². The van der Waals surface area contributed by atoms with E-state index >= 15 is 0 Å². The Bertz CT molecular complexity index is 1840. The summed E-state index contributed by atoms with van der Waals surface area (Å²) in [5, 5.41) is 8.86. The SMILES string of the molecule is C=CN[C@@H](C(=C)N1CCCC1C(=C)NC1(C(N)=O)CC1C=C)C(C)(C)C.C=Cc1cc(-c2ccccc2)nc2cc(CC)ccc12.CCC(C)(C)C.PSC1CC1. The van der Waals surface area contributed by atoms with Crippen molar-refractivity contribution in [1.29, 1.82) is 0 Å². The van der Waals surface area contributed by atoms with Gasteiger partial charge in [0.1, 0.15) is 5.54 Å². The van der Waals surface area contributed by atoms with E-state index in [0.717, 1.165) is 70.2 Å². The number of aryl methyl sites for hydroxylation is 1. The number of amides is 1. The predicted octanol–water partition coefficient (Wildman–Crippen LogP) is 11.9. The molecule has 1 aromatic heterocycles. The van der Waals surface area contributed by atoms with Crippen LogP contribution in [0.15, 0.2) is 111 Å². The van der Waals surface area contributed by atoms with Crippen LogP contribution in [-0.4, -0.2) is 45.2 Å². The first-order valence-corrected chi connectivity index (χ1v) is 22.9. The van der Waals surface area contributed by atoms with Crippen LogP contribution in [0.25, 0.3) is 28.2 Å². The molecule has 1 aliphatic heterocycles. The molecule has 3 fully saturated rings. The summed E-state index contributed by atoms with van der Waals surface area (Å²) >= 11 is 1.91. The maximum atomic E-state index is 12.0. The van der Waals surface area contributed by atoms with E-state index in [2.05, 4.69) is 149 Å². The van der Waals surface area contributed by atoms with E-state index in [-0.39, 0.29) is 29.3 Å². The molecule has 57 heavy (non-hydrogen) atoms. The molecule has 4 unspecified atom stereocenters. The summed E-state index contributed by atoms with van der Waals surface area (Å²) in [5.74, 6) is -0.271. The highest BCUT2D eigenvalue weighted by Gasteiger charge is 2.58. The Morgan fingerprint density at radius 1 is 1.04 bits per heavy atom. The van der Waals surface area contributed by atoms with Crippen LogP contribution in [0.5, 0.6) is 0 Å². The molecule has 1 amide bonds. The number of likely N-dealkylation sites (tertiary alicyclic amines) is 1. The van der Waals surface area contributed by atoms with Crippen molar-refractivity contribution in [3.8, 4) is 11.3 Å². The molecule has 310 valence electrons. The second kappa shape index (κ2) is 21.3. The lowest BCUT2D eigenvalue weighted by atomic mass is 9.84. The third kappa shape index (κ3) is 13.6. The maximum Gasteiger partial charge on any atom is 0.243 e. The van der Waals surface area contributed by atoms with Crippen LogP contribution in [0, 0.1) is 16.7 Å². The minimum Gasteiger partial charge on any atom is -0.383 e. The van der Waals surface area contributed by atoms with Gasteiger partial charge in [-0.2, -0.15) is 0 Å². The lowest BCUT2D eigenvalue weighted by Gasteiger charge is -2.40. The summed E-state index contributed by atoms with van der Waals surface area (Å²) in [6.07, 6.45) is 13.3. The Hall–Kier alpha value is -3.80. The normalized spacial score (nSPS) is 20.2. The van der Waals surface area contributed by atoms with E-state index in [0.29, 0.717) is 11.8 Å². The van der Waals surface area contributed by atoms with Gasteiger partial charge in [-0.25, -0.2) is 4.98 Å². The Morgan fingerprint density at radius 3 is 2.14 bits per heavy atom. The van der Waals surface area contributed by atoms with Gasteiger partial charge >= 0.3 is 0 Å². The molecule has 4 N–H and O–H groups in total. The zero-order valence-electron chi connectivity index (χ0n) is 36.3. The number of benzene rings is 2. The minimum atomic E-state index is -0.725. The largest absolute Gasteiger partial charge is 0.383 e. The monoisotopic (exact) mass is 810 g/mol. The molecule has 6 nitrogen and oxygen atoms in total. The number of pyridine rings is 1. The number of rotatable bonds is 13. The third-order valence-electron chi connectivity index (χ3n) is 11.0. The zero-order chi connectivity index (χ0) is 42.6. The molecule has 2 aliphatic carbocycles. The van der Waals surface area contributed by atoms with Crippen LogP contribution in [0.1, 0.15) is 105 Å². The molecule has 2 heterocycles. The van der Waals surface area contributed by atoms with Gasteiger partial charge in [0.25, 0.3) is 0 Å². The number of hydrogen-bond acceptors (Lipinski definition) is 6. The maximum absolute atomic E-state index is 12.0. The van der Waals surface area contributed by atoms with Crippen molar-refractivity contribution in [2.24, 2.45) is 22.5 Å². The molecule has 0 radical (unpaired) electrons. The van der Waals surface area contributed by atoms with Crippen LogP contribution < -0.4 is 16.4 Å². The number of nitrogens with zero attached hydrogens (tertiary/aromatic N) is 2. The van der Waals surface area contributed by atoms with Gasteiger partial charge in [-0.15, -0.1) is 18.0 Å². The minimum absolute atomic E-state index is 0.00789. The number of hydrogen-bond donors (Lipinski definition) is 3. The zero-order valence-corrected chi connectivity index (χ0v) is 38.3. The summed E-state index contributed by atoms with van der Waals surface area (Å²) in [6.45, 7) is 38.7. The van der Waals surface area contributed by atoms with E-state index < -0.39 is 5.54 Å². The van der Waals surface area contributed by atoms with Crippen molar-refractivity contribution in [3.63, 3.8) is 0 Å². The number of nitrogens with one attached hydrogen (secondary N) is 2. The van der Waals surface area contributed by atoms with Crippen molar-refractivity contribution < 1.29 is 4.79 Å². The van der Waals surface area contributed by atoms with Crippen LogP contribution in [-0.2, 0) is 11.2 Å². The highest BCUT2D eigenvalue weighted by molar-refractivity contribution is 8.44. The fourth-order valence-corrected chi connectivity index (χ4v) is 7.91. The highest BCUT2D eigenvalue weighted by atomic mass is 32.7. The fourth-order valence-electron chi connectivity index (χ4n) is 6.68. The summed E-state index contributed by atoms with van der Waals surface area (Å²) < 4.78 is 0. The molecule has 0 spiro atoms.